The maximum Gasteiger partial charge on any atom is 0.291 e. The lowest BCUT2D eigenvalue weighted by Gasteiger charge is -2.08. The summed E-state index contributed by atoms with van der Waals surface area (Å²) >= 11 is 0. The van der Waals surface area contributed by atoms with Crippen molar-refractivity contribution >= 4 is 32.6 Å². The number of furan rings is 2. The number of fused-ring (bicyclic) bond motifs is 1. The Labute approximate surface area is 167 Å². The molecule has 0 aliphatic rings. The van der Waals surface area contributed by atoms with Crippen molar-refractivity contribution < 1.29 is 22.0 Å². The molecule has 0 bridgehead atoms. The first-order chi connectivity index (χ1) is 13.9. The smallest absolute Gasteiger partial charge is 0.291 e. The zero-order valence-corrected chi connectivity index (χ0v) is 16.3. The Bertz CT molecular complexity index is 1260. The first kappa shape index (κ1) is 19.0. The number of anilines is 1. The molecule has 0 spiro atoms. The lowest BCUT2D eigenvalue weighted by atomic mass is 10.1. The quantitative estimate of drug-likeness (QED) is 0.499. The van der Waals surface area contributed by atoms with E-state index >= 15 is 0 Å². The van der Waals surface area contributed by atoms with E-state index in [-0.39, 0.29) is 17.2 Å². The Balaban J connectivity index is 1.47. The van der Waals surface area contributed by atoms with Gasteiger partial charge in [-0.3, -0.25) is 4.79 Å². The van der Waals surface area contributed by atoms with Crippen LogP contribution in [0.25, 0.3) is 11.0 Å². The first-order valence-electron chi connectivity index (χ1n) is 8.85. The van der Waals surface area contributed by atoms with E-state index in [9.17, 15) is 13.2 Å². The number of benzene rings is 2. The third-order valence-electron chi connectivity index (χ3n) is 4.49. The molecular formula is C21H18N2O5S. The summed E-state index contributed by atoms with van der Waals surface area (Å²) in [6.45, 7) is 1.88. The van der Waals surface area contributed by atoms with Gasteiger partial charge < -0.3 is 14.2 Å². The number of amides is 1. The number of aryl methyl sites for hydroxylation is 1. The minimum atomic E-state index is -3.70. The second-order valence-electron chi connectivity index (χ2n) is 6.43. The molecule has 148 valence electrons. The fourth-order valence-corrected chi connectivity index (χ4v) is 3.95. The van der Waals surface area contributed by atoms with Crippen LogP contribution in [-0.2, 0) is 16.6 Å². The van der Waals surface area contributed by atoms with Crippen LogP contribution in [0.5, 0.6) is 0 Å². The first-order valence-corrected chi connectivity index (χ1v) is 10.3. The highest BCUT2D eigenvalue weighted by Gasteiger charge is 2.18. The summed E-state index contributed by atoms with van der Waals surface area (Å²) < 4.78 is 38.0. The Kier molecular flexibility index (Phi) is 4.96. The van der Waals surface area contributed by atoms with E-state index in [2.05, 4.69) is 10.0 Å². The van der Waals surface area contributed by atoms with Crippen LogP contribution in [0.3, 0.4) is 0 Å². The number of rotatable bonds is 6. The van der Waals surface area contributed by atoms with Crippen molar-refractivity contribution in [1.82, 2.24) is 4.72 Å². The molecule has 2 N–H and O–H groups in total. The summed E-state index contributed by atoms with van der Waals surface area (Å²) in [5.74, 6) is 0.340. The van der Waals surface area contributed by atoms with E-state index in [1.54, 1.807) is 18.2 Å². The molecule has 0 unspecified atom stereocenters. The van der Waals surface area contributed by atoms with Crippen LogP contribution in [-0.4, -0.2) is 14.3 Å². The fourth-order valence-electron chi connectivity index (χ4n) is 2.96. The van der Waals surface area contributed by atoms with Gasteiger partial charge in [0.05, 0.1) is 17.7 Å². The highest BCUT2D eigenvalue weighted by atomic mass is 32.2. The van der Waals surface area contributed by atoms with Gasteiger partial charge in [-0.1, -0.05) is 18.2 Å². The predicted octanol–water partition coefficient (Wildman–Crippen LogP) is 4.07. The van der Waals surface area contributed by atoms with Crippen LogP contribution < -0.4 is 10.0 Å². The number of carbonyl (C=O) groups excluding carboxylic acids is 1. The molecule has 0 saturated carbocycles. The van der Waals surface area contributed by atoms with Crippen LogP contribution in [0, 0.1) is 6.92 Å². The molecule has 4 rings (SSSR count). The van der Waals surface area contributed by atoms with Gasteiger partial charge in [0.15, 0.2) is 5.76 Å². The van der Waals surface area contributed by atoms with Crippen molar-refractivity contribution in [3.63, 3.8) is 0 Å². The van der Waals surface area contributed by atoms with Crippen LogP contribution in [0.4, 0.5) is 5.69 Å². The topological polar surface area (TPSA) is 102 Å². The molecule has 0 saturated heterocycles. The molecular weight excluding hydrogens is 392 g/mol. The second-order valence-corrected chi connectivity index (χ2v) is 8.20. The maximum atomic E-state index is 12.6. The third-order valence-corrected chi connectivity index (χ3v) is 5.91. The minimum absolute atomic E-state index is 0.0547. The average molecular weight is 410 g/mol. The maximum absolute atomic E-state index is 12.6. The van der Waals surface area contributed by atoms with Crippen LogP contribution in [0.15, 0.2) is 80.7 Å². The lowest BCUT2D eigenvalue weighted by Crippen LogP contribution is -2.23. The lowest BCUT2D eigenvalue weighted by molar-refractivity contribution is 0.0998. The van der Waals surface area contributed by atoms with Gasteiger partial charge in [-0.05, 0) is 49.4 Å². The van der Waals surface area contributed by atoms with Crippen molar-refractivity contribution in [3.05, 3.63) is 84.0 Å². The van der Waals surface area contributed by atoms with E-state index in [0.29, 0.717) is 17.0 Å². The zero-order chi connectivity index (χ0) is 20.4. The van der Waals surface area contributed by atoms with Gasteiger partial charge in [-0.15, -0.1) is 0 Å². The SMILES string of the molecule is Cc1c(C(=O)Nc2ccc(S(=O)(=O)NCc3ccco3)cc2)oc2ccccc12. The Morgan fingerprint density at radius 1 is 1.00 bits per heavy atom. The largest absolute Gasteiger partial charge is 0.468 e. The fraction of sp³-hybridized carbons (Fsp3) is 0.0952. The molecule has 0 aliphatic heterocycles. The number of nitrogens with one attached hydrogen (secondary N) is 2. The van der Waals surface area contributed by atoms with Crippen molar-refractivity contribution in [2.24, 2.45) is 0 Å². The summed E-state index contributed by atoms with van der Waals surface area (Å²) in [6.07, 6.45) is 1.48. The second kappa shape index (κ2) is 7.57. The Morgan fingerprint density at radius 3 is 2.45 bits per heavy atom. The number of para-hydroxylation sites is 1. The molecule has 2 aromatic carbocycles. The summed E-state index contributed by atoms with van der Waals surface area (Å²) in [4.78, 5) is 12.7. The average Bonchev–Trinajstić information content (AvgIpc) is 3.35. The Morgan fingerprint density at radius 2 is 1.76 bits per heavy atom. The van der Waals surface area contributed by atoms with Gasteiger partial charge in [0.1, 0.15) is 11.3 Å². The van der Waals surface area contributed by atoms with Gasteiger partial charge in [0.25, 0.3) is 5.91 Å². The van der Waals surface area contributed by atoms with E-state index in [1.165, 1.54) is 30.5 Å². The third kappa shape index (κ3) is 3.94. The van der Waals surface area contributed by atoms with E-state index in [4.69, 9.17) is 8.83 Å². The summed E-state index contributed by atoms with van der Waals surface area (Å²) in [6, 6.07) is 16.7. The van der Waals surface area contributed by atoms with Gasteiger partial charge >= 0.3 is 0 Å². The van der Waals surface area contributed by atoms with Crippen molar-refractivity contribution in [2.75, 3.05) is 5.32 Å². The van der Waals surface area contributed by atoms with Crippen molar-refractivity contribution in [2.45, 2.75) is 18.4 Å². The molecule has 7 nitrogen and oxygen atoms in total. The Hall–Kier alpha value is -3.36. The van der Waals surface area contributed by atoms with E-state index in [0.717, 1.165) is 10.9 Å². The summed E-state index contributed by atoms with van der Waals surface area (Å²) in [5.41, 5.74) is 1.85. The van der Waals surface area contributed by atoms with Crippen LogP contribution in [0.2, 0.25) is 0 Å². The molecule has 0 fully saturated rings. The molecule has 0 radical (unpaired) electrons. The monoisotopic (exact) mass is 410 g/mol. The van der Waals surface area contributed by atoms with Crippen LogP contribution >= 0.6 is 0 Å². The van der Waals surface area contributed by atoms with E-state index < -0.39 is 15.9 Å². The van der Waals surface area contributed by atoms with Crippen molar-refractivity contribution in [3.8, 4) is 0 Å². The van der Waals surface area contributed by atoms with Crippen LogP contribution in [0.1, 0.15) is 21.9 Å². The number of hydrogen-bond acceptors (Lipinski definition) is 5. The summed E-state index contributed by atoms with van der Waals surface area (Å²) in [5, 5.41) is 3.61. The van der Waals surface area contributed by atoms with Gasteiger partial charge in [0.2, 0.25) is 10.0 Å². The van der Waals surface area contributed by atoms with Gasteiger partial charge in [0, 0.05) is 16.6 Å². The number of carbonyl (C=O) groups is 1. The predicted molar refractivity (Wildman–Crippen MR) is 108 cm³/mol. The molecule has 0 atom stereocenters. The minimum Gasteiger partial charge on any atom is -0.468 e. The highest BCUT2D eigenvalue weighted by Crippen LogP contribution is 2.25. The van der Waals surface area contributed by atoms with Gasteiger partial charge in [-0.2, -0.15) is 0 Å². The normalized spacial score (nSPS) is 11.6. The molecule has 0 aliphatic carbocycles. The molecule has 2 heterocycles. The molecule has 4 aromatic rings. The summed E-state index contributed by atoms with van der Waals surface area (Å²) in [7, 11) is -3.70. The zero-order valence-electron chi connectivity index (χ0n) is 15.5. The van der Waals surface area contributed by atoms with E-state index in [1.807, 2.05) is 25.1 Å². The van der Waals surface area contributed by atoms with Gasteiger partial charge in [-0.25, -0.2) is 13.1 Å². The molecule has 1 amide bonds. The number of hydrogen-bond donors (Lipinski definition) is 2. The highest BCUT2D eigenvalue weighted by molar-refractivity contribution is 7.89. The molecule has 29 heavy (non-hydrogen) atoms. The molecule has 2 aromatic heterocycles. The number of sulfonamides is 1. The standard InChI is InChI=1S/C21H18N2O5S/c1-14-18-6-2-3-7-19(18)28-20(14)21(24)23-15-8-10-17(11-9-15)29(25,26)22-13-16-5-4-12-27-16/h2-12,22H,13H2,1H3,(H,23,24). The van der Waals surface area contributed by atoms with Crippen molar-refractivity contribution in [1.29, 1.82) is 0 Å². The molecule has 8 heteroatoms.